The van der Waals surface area contributed by atoms with Crippen molar-refractivity contribution in [3.05, 3.63) is 89.6 Å². The molecular weight excluding hydrogens is 424 g/mol. The summed E-state index contributed by atoms with van der Waals surface area (Å²) in [5, 5.41) is 3.11. The molecule has 1 heterocycles. The third-order valence-electron chi connectivity index (χ3n) is 5.87. The molecule has 0 aliphatic carbocycles. The standard InChI is InChI=1S/C29H30N2O3/c1-29(2,3)22-14-10-20(11-15-22)28-31-26(24(32)18-21-8-6-7-9-25(21)33-5)27(34-28)19-12-16-23(30-4)17-13-19/h6-17,30H,18H2,1-5H3. The Labute approximate surface area is 200 Å². The van der Waals surface area contributed by atoms with Crippen LogP contribution in [0.25, 0.3) is 22.8 Å². The van der Waals surface area contributed by atoms with Gasteiger partial charge in [-0.3, -0.25) is 4.79 Å². The minimum atomic E-state index is -0.126. The summed E-state index contributed by atoms with van der Waals surface area (Å²) in [4.78, 5) is 18.1. The fourth-order valence-corrected chi connectivity index (χ4v) is 3.84. The van der Waals surface area contributed by atoms with Crippen LogP contribution < -0.4 is 10.1 Å². The Bertz CT molecular complexity index is 1280. The van der Waals surface area contributed by atoms with Crippen LogP contribution >= 0.6 is 0 Å². The molecule has 34 heavy (non-hydrogen) atoms. The Morgan fingerprint density at radius 2 is 1.59 bits per heavy atom. The molecule has 4 rings (SSSR count). The Kier molecular flexibility index (Phi) is 6.55. The van der Waals surface area contributed by atoms with E-state index in [1.54, 1.807) is 7.11 Å². The molecule has 0 radical (unpaired) electrons. The first-order chi connectivity index (χ1) is 16.3. The van der Waals surface area contributed by atoms with Crippen LogP contribution in [-0.4, -0.2) is 24.9 Å². The number of carbonyl (C=O) groups excluding carboxylic acids is 1. The highest BCUT2D eigenvalue weighted by molar-refractivity contribution is 6.01. The van der Waals surface area contributed by atoms with Gasteiger partial charge in [0.2, 0.25) is 5.89 Å². The molecule has 1 aromatic heterocycles. The predicted octanol–water partition coefficient (Wildman–Crippen LogP) is 6.78. The number of hydrogen-bond donors (Lipinski definition) is 1. The van der Waals surface area contributed by atoms with Gasteiger partial charge in [0.25, 0.3) is 0 Å². The maximum absolute atomic E-state index is 13.4. The van der Waals surface area contributed by atoms with Crippen molar-refractivity contribution >= 4 is 11.5 Å². The van der Waals surface area contributed by atoms with Crippen LogP contribution in [0.15, 0.2) is 77.2 Å². The van der Waals surface area contributed by atoms with E-state index in [0.29, 0.717) is 23.1 Å². The number of aromatic nitrogens is 1. The van der Waals surface area contributed by atoms with E-state index in [0.717, 1.165) is 22.4 Å². The molecule has 1 N–H and O–H groups in total. The molecule has 0 saturated heterocycles. The van der Waals surface area contributed by atoms with Crippen LogP contribution in [0.1, 0.15) is 42.4 Å². The lowest BCUT2D eigenvalue weighted by Gasteiger charge is -2.18. The summed E-state index contributed by atoms with van der Waals surface area (Å²) in [6, 6.07) is 23.4. The smallest absolute Gasteiger partial charge is 0.227 e. The van der Waals surface area contributed by atoms with E-state index >= 15 is 0 Å². The first-order valence-electron chi connectivity index (χ1n) is 11.3. The number of carbonyl (C=O) groups is 1. The van der Waals surface area contributed by atoms with E-state index in [1.165, 1.54) is 5.56 Å². The predicted molar refractivity (Wildman–Crippen MR) is 137 cm³/mol. The number of hydrogen-bond acceptors (Lipinski definition) is 5. The van der Waals surface area contributed by atoms with Crippen molar-refractivity contribution in [3.8, 4) is 28.5 Å². The number of ketones is 1. The van der Waals surface area contributed by atoms with Crippen molar-refractivity contribution in [2.45, 2.75) is 32.6 Å². The van der Waals surface area contributed by atoms with Crippen molar-refractivity contribution in [1.82, 2.24) is 4.98 Å². The van der Waals surface area contributed by atoms with Gasteiger partial charge in [0.15, 0.2) is 17.2 Å². The van der Waals surface area contributed by atoms with Gasteiger partial charge in [-0.15, -0.1) is 0 Å². The van der Waals surface area contributed by atoms with Gasteiger partial charge in [0.1, 0.15) is 5.75 Å². The first-order valence-corrected chi connectivity index (χ1v) is 11.3. The summed E-state index contributed by atoms with van der Waals surface area (Å²) in [7, 11) is 3.47. The molecule has 0 spiro atoms. The molecule has 4 aromatic rings. The van der Waals surface area contributed by atoms with Crippen LogP contribution in [0.4, 0.5) is 5.69 Å². The number of methoxy groups -OCH3 is 1. The SMILES string of the molecule is CNc1ccc(-c2oc(-c3ccc(C(C)(C)C)cc3)nc2C(=O)Cc2ccccc2OC)cc1. The lowest BCUT2D eigenvalue weighted by molar-refractivity contribution is 0.0988. The zero-order chi connectivity index (χ0) is 24.3. The lowest BCUT2D eigenvalue weighted by atomic mass is 9.87. The summed E-state index contributed by atoms with van der Waals surface area (Å²) < 4.78 is 11.7. The molecule has 5 nitrogen and oxygen atoms in total. The number of Topliss-reactive ketones (excluding diaryl/α,β-unsaturated/α-hetero) is 1. The quantitative estimate of drug-likeness (QED) is 0.312. The second-order valence-electron chi connectivity index (χ2n) is 9.26. The Hall–Kier alpha value is -3.86. The molecule has 174 valence electrons. The third-order valence-corrected chi connectivity index (χ3v) is 5.87. The highest BCUT2D eigenvalue weighted by Crippen LogP contribution is 2.33. The van der Waals surface area contributed by atoms with E-state index in [1.807, 2.05) is 67.7 Å². The molecule has 0 amide bonds. The monoisotopic (exact) mass is 454 g/mol. The Morgan fingerprint density at radius 3 is 2.21 bits per heavy atom. The molecule has 0 bridgehead atoms. The van der Waals surface area contributed by atoms with E-state index in [2.05, 4.69) is 43.2 Å². The van der Waals surface area contributed by atoms with Crippen LogP contribution in [0.3, 0.4) is 0 Å². The number of benzene rings is 3. The second-order valence-corrected chi connectivity index (χ2v) is 9.26. The summed E-state index contributed by atoms with van der Waals surface area (Å²) in [5.41, 5.74) is 5.00. The van der Waals surface area contributed by atoms with E-state index < -0.39 is 0 Å². The summed E-state index contributed by atoms with van der Waals surface area (Å²) in [6.07, 6.45) is 0.167. The van der Waals surface area contributed by atoms with E-state index in [-0.39, 0.29) is 17.6 Å². The zero-order valence-corrected chi connectivity index (χ0v) is 20.3. The minimum absolute atomic E-state index is 0.0468. The van der Waals surface area contributed by atoms with E-state index in [9.17, 15) is 4.79 Å². The number of para-hydroxylation sites is 1. The van der Waals surface area contributed by atoms with Crippen molar-refractivity contribution in [1.29, 1.82) is 0 Å². The largest absolute Gasteiger partial charge is 0.496 e. The van der Waals surface area contributed by atoms with Crippen molar-refractivity contribution in [2.24, 2.45) is 0 Å². The number of nitrogens with zero attached hydrogens (tertiary/aromatic N) is 1. The number of nitrogens with one attached hydrogen (secondary N) is 1. The molecule has 0 fully saturated rings. The van der Waals surface area contributed by atoms with Gasteiger partial charge in [-0.05, 0) is 53.4 Å². The number of anilines is 1. The molecule has 0 atom stereocenters. The lowest BCUT2D eigenvalue weighted by Crippen LogP contribution is -2.10. The second kappa shape index (κ2) is 9.56. The fraction of sp³-hybridized carbons (Fsp3) is 0.241. The number of oxazole rings is 1. The van der Waals surface area contributed by atoms with Gasteiger partial charge < -0.3 is 14.5 Å². The summed E-state index contributed by atoms with van der Waals surface area (Å²) in [5.74, 6) is 1.45. The minimum Gasteiger partial charge on any atom is -0.496 e. The van der Waals surface area contributed by atoms with Crippen LogP contribution in [0.5, 0.6) is 5.75 Å². The Balaban J connectivity index is 1.75. The molecule has 0 aliphatic rings. The Morgan fingerprint density at radius 1 is 0.941 bits per heavy atom. The average Bonchev–Trinajstić information content (AvgIpc) is 3.30. The van der Waals surface area contributed by atoms with E-state index in [4.69, 9.17) is 9.15 Å². The number of ether oxygens (including phenoxy) is 1. The molecular formula is C29H30N2O3. The molecule has 0 saturated carbocycles. The molecule has 0 aliphatic heterocycles. The molecule has 0 unspecified atom stereocenters. The average molecular weight is 455 g/mol. The van der Waals surface area contributed by atoms with Crippen molar-refractivity contribution in [3.63, 3.8) is 0 Å². The van der Waals surface area contributed by atoms with Gasteiger partial charge in [-0.1, -0.05) is 51.1 Å². The molecule has 3 aromatic carbocycles. The van der Waals surface area contributed by atoms with Crippen molar-refractivity contribution in [2.75, 3.05) is 19.5 Å². The van der Waals surface area contributed by atoms with Crippen LogP contribution in [0.2, 0.25) is 0 Å². The van der Waals surface area contributed by atoms with Gasteiger partial charge in [0, 0.05) is 35.8 Å². The summed E-state index contributed by atoms with van der Waals surface area (Å²) in [6.45, 7) is 6.53. The van der Waals surface area contributed by atoms with Gasteiger partial charge >= 0.3 is 0 Å². The van der Waals surface area contributed by atoms with Gasteiger partial charge in [0.05, 0.1) is 7.11 Å². The maximum atomic E-state index is 13.4. The first kappa shape index (κ1) is 23.3. The normalized spacial score (nSPS) is 11.3. The summed E-state index contributed by atoms with van der Waals surface area (Å²) >= 11 is 0. The van der Waals surface area contributed by atoms with Crippen LogP contribution in [-0.2, 0) is 11.8 Å². The van der Waals surface area contributed by atoms with Crippen molar-refractivity contribution < 1.29 is 13.9 Å². The number of rotatable bonds is 7. The topological polar surface area (TPSA) is 64.4 Å². The maximum Gasteiger partial charge on any atom is 0.227 e. The zero-order valence-electron chi connectivity index (χ0n) is 20.3. The van der Waals surface area contributed by atoms with Gasteiger partial charge in [-0.25, -0.2) is 4.98 Å². The highest BCUT2D eigenvalue weighted by Gasteiger charge is 2.24. The highest BCUT2D eigenvalue weighted by atomic mass is 16.5. The third kappa shape index (κ3) is 4.88. The van der Waals surface area contributed by atoms with Crippen LogP contribution in [0, 0.1) is 0 Å². The fourth-order valence-electron chi connectivity index (χ4n) is 3.84. The molecule has 5 heteroatoms. The van der Waals surface area contributed by atoms with Gasteiger partial charge in [-0.2, -0.15) is 0 Å².